The normalized spacial score (nSPS) is 12.7. The number of hydrogen-bond donors (Lipinski definition) is 1. The Kier molecular flexibility index (Phi) is 4.64. The molecule has 0 spiro atoms. The van der Waals surface area contributed by atoms with E-state index in [2.05, 4.69) is 10.1 Å². The highest BCUT2D eigenvalue weighted by Gasteiger charge is 2.37. The summed E-state index contributed by atoms with van der Waals surface area (Å²) in [6.45, 7) is 0.117. The van der Waals surface area contributed by atoms with Gasteiger partial charge in [0.05, 0.1) is 11.1 Å². The smallest absolute Gasteiger partial charge is 0.396 e. The molecule has 10 heteroatoms. The molecule has 0 unspecified atom stereocenters. The summed E-state index contributed by atoms with van der Waals surface area (Å²) in [4.78, 5) is 3.72. The SMILES string of the molecule is OCCCn1cnc(-c2cc(C(F)(F)F)cc(C(F)(F)F)c2)n1. The van der Waals surface area contributed by atoms with Crippen LogP contribution in [0.5, 0.6) is 0 Å². The van der Waals surface area contributed by atoms with Gasteiger partial charge in [0, 0.05) is 18.7 Å². The molecular formula is C13H11F6N3O. The standard InChI is InChI=1S/C13H11F6N3O/c14-12(15,16)9-4-8(5-10(6-9)13(17,18)19)11-20-7-22(21-11)2-1-3-23/h4-7,23H,1-3H2. The van der Waals surface area contributed by atoms with Crippen LogP contribution in [0.3, 0.4) is 0 Å². The lowest BCUT2D eigenvalue weighted by molar-refractivity contribution is -0.143. The van der Waals surface area contributed by atoms with Crippen LogP contribution < -0.4 is 0 Å². The lowest BCUT2D eigenvalue weighted by Crippen LogP contribution is -2.11. The third-order valence-electron chi connectivity index (χ3n) is 2.93. The summed E-state index contributed by atoms with van der Waals surface area (Å²) in [5, 5.41) is 12.5. The predicted octanol–water partition coefficient (Wildman–Crippen LogP) is 3.37. The molecule has 0 saturated heterocycles. The van der Waals surface area contributed by atoms with Gasteiger partial charge in [-0.05, 0) is 24.6 Å². The van der Waals surface area contributed by atoms with Crippen molar-refractivity contribution in [3.8, 4) is 11.4 Å². The van der Waals surface area contributed by atoms with Crippen molar-refractivity contribution in [1.82, 2.24) is 14.8 Å². The van der Waals surface area contributed by atoms with Crippen LogP contribution in [0.1, 0.15) is 17.5 Å². The van der Waals surface area contributed by atoms with Crippen molar-refractivity contribution >= 4 is 0 Å². The van der Waals surface area contributed by atoms with Gasteiger partial charge in [-0.25, -0.2) is 4.98 Å². The van der Waals surface area contributed by atoms with Crippen LogP contribution in [-0.2, 0) is 18.9 Å². The fourth-order valence-electron chi connectivity index (χ4n) is 1.85. The molecule has 0 amide bonds. The second kappa shape index (κ2) is 6.19. The number of rotatable bonds is 4. The van der Waals surface area contributed by atoms with E-state index in [1.165, 1.54) is 11.0 Å². The summed E-state index contributed by atoms with van der Waals surface area (Å²) in [5.41, 5.74) is -3.22. The third kappa shape index (κ3) is 4.21. The van der Waals surface area contributed by atoms with Gasteiger partial charge in [-0.3, -0.25) is 4.68 Å². The number of hydrogen-bond acceptors (Lipinski definition) is 3. The van der Waals surface area contributed by atoms with Gasteiger partial charge in [0.25, 0.3) is 0 Å². The summed E-state index contributed by atoms with van der Waals surface area (Å²) in [6, 6.07) is 1.19. The molecule has 1 heterocycles. The number of aliphatic hydroxyl groups is 1. The molecule has 0 aliphatic heterocycles. The minimum absolute atomic E-state index is 0.0479. The molecule has 0 atom stereocenters. The number of aliphatic hydroxyl groups excluding tert-OH is 1. The molecule has 2 aromatic rings. The van der Waals surface area contributed by atoms with E-state index in [9.17, 15) is 26.3 Å². The van der Waals surface area contributed by atoms with Crippen LogP contribution >= 0.6 is 0 Å². The monoisotopic (exact) mass is 339 g/mol. The van der Waals surface area contributed by atoms with Crippen molar-refractivity contribution in [2.75, 3.05) is 6.61 Å². The largest absolute Gasteiger partial charge is 0.416 e. The second-order valence-corrected chi connectivity index (χ2v) is 4.70. The minimum atomic E-state index is -4.92. The van der Waals surface area contributed by atoms with Gasteiger partial charge in [-0.2, -0.15) is 31.4 Å². The number of aromatic nitrogens is 3. The van der Waals surface area contributed by atoms with Gasteiger partial charge < -0.3 is 5.11 Å². The Morgan fingerprint density at radius 1 is 0.957 bits per heavy atom. The summed E-state index contributed by atoms with van der Waals surface area (Å²) < 4.78 is 77.9. The zero-order valence-corrected chi connectivity index (χ0v) is 11.5. The van der Waals surface area contributed by atoms with E-state index in [-0.39, 0.29) is 30.6 Å². The second-order valence-electron chi connectivity index (χ2n) is 4.70. The Morgan fingerprint density at radius 3 is 2.00 bits per heavy atom. The van der Waals surface area contributed by atoms with E-state index in [1.807, 2.05) is 0 Å². The van der Waals surface area contributed by atoms with Gasteiger partial charge in [0.1, 0.15) is 6.33 Å². The molecule has 126 valence electrons. The summed E-state index contributed by atoms with van der Waals surface area (Å²) in [5.74, 6) is -0.250. The van der Waals surface area contributed by atoms with E-state index in [0.717, 1.165) is 0 Å². The third-order valence-corrected chi connectivity index (χ3v) is 2.93. The van der Waals surface area contributed by atoms with Gasteiger partial charge in [0.15, 0.2) is 5.82 Å². The van der Waals surface area contributed by atoms with Crippen LogP contribution in [0.15, 0.2) is 24.5 Å². The molecule has 0 aliphatic carbocycles. The van der Waals surface area contributed by atoms with Crippen LogP contribution in [-0.4, -0.2) is 26.5 Å². The minimum Gasteiger partial charge on any atom is -0.396 e. The lowest BCUT2D eigenvalue weighted by atomic mass is 10.0. The number of benzene rings is 1. The summed E-state index contributed by atoms with van der Waals surface area (Å²) in [6.07, 6.45) is -8.33. The Morgan fingerprint density at radius 2 is 1.52 bits per heavy atom. The highest BCUT2D eigenvalue weighted by Crippen LogP contribution is 2.37. The van der Waals surface area contributed by atoms with Crippen LogP contribution in [0.4, 0.5) is 26.3 Å². The van der Waals surface area contributed by atoms with Gasteiger partial charge >= 0.3 is 12.4 Å². The molecule has 0 bridgehead atoms. The number of aryl methyl sites for hydroxylation is 1. The first-order chi connectivity index (χ1) is 10.6. The van der Waals surface area contributed by atoms with E-state index < -0.39 is 23.5 Å². The number of alkyl halides is 6. The molecule has 0 aliphatic rings. The maximum Gasteiger partial charge on any atom is 0.416 e. The van der Waals surface area contributed by atoms with Crippen molar-refractivity contribution in [2.24, 2.45) is 0 Å². The predicted molar refractivity (Wildman–Crippen MR) is 67.2 cm³/mol. The zero-order valence-electron chi connectivity index (χ0n) is 11.5. The highest BCUT2D eigenvalue weighted by atomic mass is 19.4. The van der Waals surface area contributed by atoms with E-state index in [1.54, 1.807) is 0 Å². The quantitative estimate of drug-likeness (QED) is 0.869. The first-order valence-corrected chi connectivity index (χ1v) is 6.41. The first kappa shape index (κ1) is 17.3. The molecule has 0 fully saturated rings. The molecule has 1 aromatic heterocycles. The average molecular weight is 339 g/mol. The van der Waals surface area contributed by atoms with Crippen LogP contribution in [0.25, 0.3) is 11.4 Å². The molecule has 1 N–H and O–H groups in total. The molecule has 2 rings (SSSR count). The lowest BCUT2D eigenvalue weighted by Gasteiger charge is -2.13. The highest BCUT2D eigenvalue weighted by molar-refractivity contribution is 5.58. The zero-order chi connectivity index (χ0) is 17.3. The average Bonchev–Trinajstić information content (AvgIpc) is 2.91. The molecule has 4 nitrogen and oxygen atoms in total. The number of halogens is 6. The van der Waals surface area contributed by atoms with E-state index >= 15 is 0 Å². The molecule has 0 radical (unpaired) electrons. The Balaban J connectivity index is 2.47. The maximum atomic E-state index is 12.8. The van der Waals surface area contributed by atoms with Crippen LogP contribution in [0.2, 0.25) is 0 Å². The Bertz CT molecular complexity index is 645. The topological polar surface area (TPSA) is 50.9 Å². The fraction of sp³-hybridized carbons (Fsp3) is 0.385. The summed E-state index contributed by atoms with van der Waals surface area (Å²) >= 11 is 0. The van der Waals surface area contributed by atoms with Crippen molar-refractivity contribution in [2.45, 2.75) is 25.3 Å². The maximum absolute atomic E-state index is 12.8. The number of nitrogens with zero attached hydrogens (tertiary/aromatic N) is 3. The van der Waals surface area contributed by atoms with Gasteiger partial charge in [-0.15, -0.1) is 0 Å². The van der Waals surface area contributed by atoms with Gasteiger partial charge in [-0.1, -0.05) is 0 Å². The summed E-state index contributed by atoms with van der Waals surface area (Å²) in [7, 11) is 0. The molecular weight excluding hydrogens is 328 g/mol. The van der Waals surface area contributed by atoms with E-state index in [0.29, 0.717) is 18.6 Å². The molecule has 23 heavy (non-hydrogen) atoms. The van der Waals surface area contributed by atoms with Crippen molar-refractivity contribution in [1.29, 1.82) is 0 Å². The van der Waals surface area contributed by atoms with Gasteiger partial charge in [0.2, 0.25) is 0 Å². The fourth-order valence-corrected chi connectivity index (χ4v) is 1.85. The molecule has 0 saturated carbocycles. The van der Waals surface area contributed by atoms with E-state index in [4.69, 9.17) is 5.11 Å². The van der Waals surface area contributed by atoms with Crippen molar-refractivity contribution in [3.05, 3.63) is 35.7 Å². The Hall–Kier alpha value is -2.10. The Labute approximate surface area is 126 Å². The van der Waals surface area contributed by atoms with Crippen molar-refractivity contribution < 1.29 is 31.4 Å². The van der Waals surface area contributed by atoms with Crippen LogP contribution in [0, 0.1) is 0 Å². The molecule has 1 aromatic carbocycles. The van der Waals surface area contributed by atoms with Crippen molar-refractivity contribution in [3.63, 3.8) is 0 Å². The first-order valence-electron chi connectivity index (χ1n) is 6.41.